The van der Waals surface area contributed by atoms with Gasteiger partial charge in [0.15, 0.2) is 11.5 Å². The molecular weight excluding hydrogens is 332 g/mol. The SMILES string of the molecule is C[C@H]1[C@H](CCN(C)C)COCCN1C(=O)c1ccc2c(c1)OCCCO2. The Balaban J connectivity index is 1.75. The molecule has 0 N–H and O–H groups in total. The van der Waals surface area contributed by atoms with E-state index in [1.165, 1.54) is 0 Å². The maximum atomic E-state index is 13.2. The van der Waals surface area contributed by atoms with Gasteiger partial charge in [-0.3, -0.25) is 4.79 Å². The van der Waals surface area contributed by atoms with Crippen molar-refractivity contribution in [1.82, 2.24) is 9.80 Å². The predicted octanol–water partition coefficient (Wildman–Crippen LogP) is 2.28. The molecule has 3 rings (SSSR count). The highest BCUT2D eigenvalue weighted by Gasteiger charge is 2.31. The maximum absolute atomic E-state index is 13.2. The largest absolute Gasteiger partial charge is 0.490 e. The summed E-state index contributed by atoms with van der Waals surface area (Å²) in [7, 11) is 4.14. The fourth-order valence-electron chi connectivity index (χ4n) is 3.49. The van der Waals surface area contributed by atoms with E-state index in [0.717, 1.165) is 25.1 Å². The van der Waals surface area contributed by atoms with Crippen LogP contribution >= 0.6 is 0 Å². The molecule has 2 aliphatic heterocycles. The minimum absolute atomic E-state index is 0.0356. The topological polar surface area (TPSA) is 51.2 Å². The van der Waals surface area contributed by atoms with Crippen molar-refractivity contribution < 1.29 is 19.0 Å². The number of hydrogen-bond acceptors (Lipinski definition) is 5. The molecule has 0 aromatic heterocycles. The van der Waals surface area contributed by atoms with Gasteiger partial charge < -0.3 is 24.0 Å². The molecular formula is C20H30N2O4. The Kier molecular flexibility index (Phi) is 6.38. The molecule has 1 amide bonds. The highest BCUT2D eigenvalue weighted by atomic mass is 16.5. The van der Waals surface area contributed by atoms with E-state index in [-0.39, 0.29) is 11.9 Å². The molecule has 0 aliphatic carbocycles. The van der Waals surface area contributed by atoms with Gasteiger partial charge >= 0.3 is 0 Å². The Morgan fingerprint density at radius 1 is 1.19 bits per heavy atom. The van der Waals surface area contributed by atoms with Crippen LogP contribution in [-0.4, -0.2) is 75.4 Å². The van der Waals surface area contributed by atoms with Gasteiger partial charge in [-0.1, -0.05) is 0 Å². The molecule has 2 heterocycles. The Hall–Kier alpha value is -1.79. The molecule has 144 valence electrons. The van der Waals surface area contributed by atoms with Crippen LogP contribution in [0.5, 0.6) is 11.5 Å². The number of carbonyl (C=O) groups is 1. The second kappa shape index (κ2) is 8.73. The number of rotatable bonds is 4. The third-order valence-corrected chi connectivity index (χ3v) is 5.18. The van der Waals surface area contributed by atoms with Crippen molar-refractivity contribution in [3.8, 4) is 11.5 Å². The lowest BCUT2D eigenvalue weighted by Gasteiger charge is -2.32. The third-order valence-electron chi connectivity index (χ3n) is 5.18. The zero-order valence-corrected chi connectivity index (χ0v) is 16.1. The van der Waals surface area contributed by atoms with E-state index in [1.807, 2.05) is 23.1 Å². The quantitative estimate of drug-likeness (QED) is 0.822. The van der Waals surface area contributed by atoms with Gasteiger partial charge in [-0.05, 0) is 52.2 Å². The van der Waals surface area contributed by atoms with Crippen LogP contribution in [0.25, 0.3) is 0 Å². The van der Waals surface area contributed by atoms with Gasteiger partial charge in [-0.2, -0.15) is 0 Å². The number of hydrogen-bond donors (Lipinski definition) is 0. The van der Waals surface area contributed by atoms with Crippen molar-refractivity contribution in [2.75, 3.05) is 53.6 Å². The Morgan fingerprint density at radius 2 is 1.96 bits per heavy atom. The summed E-state index contributed by atoms with van der Waals surface area (Å²) >= 11 is 0. The second-order valence-electron chi connectivity index (χ2n) is 7.38. The van der Waals surface area contributed by atoms with Gasteiger partial charge in [-0.25, -0.2) is 0 Å². The molecule has 0 bridgehead atoms. The van der Waals surface area contributed by atoms with Gasteiger partial charge in [0, 0.05) is 30.5 Å². The molecule has 6 nitrogen and oxygen atoms in total. The Bertz CT molecular complexity index is 620. The van der Waals surface area contributed by atoms with Crippen LogP contribution < -0.4 is 9.47 Å². The molecule has 2 atom stereocenters. The monoisotopic (exact) mass is 362 g/mol. The number of amides is 1. The molecule has 0 unspecified atom stereocenters. The summed E-state index contributed by atoms with van der Waals surface area (Å²) in [6.07, 6.45) is 1.87. The standard InChI is InChI=1S/C20H30N2O4/c1-15-17(7-8-21(2)3)14-24-12-9-22(15)20(23)16-5-6-18-19(13-16)26-11-4-10-25-18/h5-6,13,15,17H,4,7-12,14H2,1-3H3/t15-,17+/m0/s1. The molecule has 0 saturated carbocycles. The first kappa shape index (κ1) is 19.0. The molecule has 2 aliphatic rings. The minimum Gasteiger partial charge on any atom is -0.490 e. The van der Waals surface area contributed by atoms with E-state index in [9.17, 15) is 4.79 Å². The molecule has 6 heteroatoms. The van der Waals surface area contributed by atoms with Crippen LogP contribution in [0.3, 0.4) is 0 Å². The van der Waals surface area contributed by atoms with Gasteiger partial charge in [0.2, 0.25) is 0 Å². The van der Waals surface area contributed by atoms with Crippen LogP contribution in [-0.2, 0) is 4.74 Å². The third kappa shape index (κ3) is 4.48. The second-order valence-corrected chi connectivity index (χ2v) is 7.38. The van der Waals surface area contributed by atoms with Crippen molar-refractivity contribution in [3.05, 3.63) is 23.8 Å². The summed E-state index contributed by atoms with van der Waals surface area (Å²) in [5, 5.41) is 0. The zero-order chi connectivity index (χ0) is 18.5. The van der Waals surface area contributed by atoms with Crippen LogP contribution in [0.1, 0.15) is 30.1 Å². The van der Waals surface area contributed by atoms with E-state index in [1.54, 1.807) is 0 Å². The summed E-state index contributed by atoms with van der Waals surface area (Å²) < 4.78 is 17.2. The number of ether oxygens (including phenoxy) is 3. The number of benzene rings is 1. The molecule has 0 spiro atoms. The van der Waals surface area contributed by atoms with E-state index in [2.05, 4.69) is 25.9 Å². The normalized spacial score (nSPS) is 23.5. The Labute approximate surface area is 156 Å². The molecule has 0 radical (unpaired) electrons. The fourth-order valence-corrected chi connectivity index (χ4v) is 3.49. The highest BCUT2D eigenvalue weighted by Crippen LogP contribution is 2.31. The van der Waals surface area contributed by atoms with Crippen LogP contribution in [0.2, 0.25) is 0 Å². The summed E-state index contributed by atoms with van der Waals surface area (Å²) in [6.45, 7) is 6.30. The summed E-state index contributed by atoms with van der Waals surface area (Å²) in [5.41, 5.74) is 0.648. The fraction of sp³-hybridized carbons (Fsp3) is 0.650. The first-order chi connectivity index (χ1) is 12.6. The summed E-state index contributed by atoms with van der Waals surface area (Å²) in [4.78, 5) is 17.3. The highest BCUT2D eigenvalue weighted by molar-refractivity contribution is 5.95. The lowest BCUT2D eigenvalue weighted by atomic mass is 9.96. The van der Waals surface area contributed by atoms with Gasteiger partial charge in [0.1, 0.15) is 0 Å². The molecule has 1 aromatic rings. The van der Waals surface area contributed by atoms with Crippen molar-refractivity contribution in [2.24, 2.45) is 5.92 Å². The molecule has 1 fully saturated rings. The van der Waals surface area contributed by atoms with Crippen LogP contribution in [0, 0.1) is 5.92 Å². The molecule has 1 saturated heterocycles. The predicted molar refractivity (Wildman–Crippen MR) is 100 cm³/mol. The first-order valence-corrected chi connectivity index (χ1v) is 9.49. The van der Waals surface area contributed by atoms with Gasteiger partial charge in [-0.15, -0.1) is 0 Å². The van der Waals surface area contributed by atoms with E-state index < -0.39 is 0 Å². The summed E-state index contributed by atoms with van der Waals surface area (Å²) in [5.74, 6) is 1.75. The molecule has 1 aromatic carbocycles. The van der Waals surface area contributed by atoms with E-state index in [0.29, 0.717) is 50.2 Å². The number of nitrogens with zero attached hydrogens (tertiary/aromatic N) is 2. The molecule has 26 heavy (non-hydrogen) atoms. The lowest BCUT2D eigenvalue weighted by Crippen LogP contribution is -2.43. The van der Waals surface area contributed by atoms with Gasteiger partial charge in [0.25, 0.3) is 5.91 Å². The minimum atomic E-state index is 0.0356. The number of carbonyl (C=O) groups excluding carboxylic acids is 1. The van der Waals surface area contributed by atoms with E-state index >= 15 is 0 Å². The average molecular weight is 362 g/mol. The van der Waals surface area contributed by atoms with Crippen molar-refractivity contribution in [3.63, 3.8) is 0 Å². The summed E-state index contributed by atoms with van der Waals surface area (Å²) in [6, 6.07) is 5.64. The smallest absolute Gasteiger partial charge is 0.254 e. The first-order valence-electron chi connectivity index (χ1n) is 9.49. The maximum Gasteiger partial charge on any atom is 0.254 e. The average Bonchev–Trinajstić information content (AvgIpc) is 2.97. The Morgan fingerprint density at radius 3 is 2.73 bits per heavy atom. The van der Waals surface area contributed by atoms with E-state index in [4.69, 9.17) is 14.2 Å². The van der Waals surface area contributed by atoms with Crippen molar-refractivity contribution >= 4 is 5.91 Å². The van der Waals surface area contributed by atoms with Crippen molar-refractivity contribution in [1.29, 1.82) is 0 Å². The number of fused-ring (bicyclic) bond motifs is 1. The van der Waals surface area contributed by atoms with Crippen LogP contribution in [0.15, 0.2) is 18.2 Å². The van der Waals surface area contributed by atoms with Crippen molar-refractivity contribution in [2.45, 2.75) is 25.8 Å². The van der Waals surface area contributed by atoms with Gasteiger partial charge in [0.05, 0.1) is 26.4 Å². The van der Waals surface area contributed by atoms with Crippen LogP contribution in [0.4, 0.5) is 0 Å². The lowest BCUT2D eigenvalue weighted by molar-refractivity contribution is 0.0653. The zero-order valence-electron chi connectivity index (χ0n) is 16.1.